The van der Waals surface area contributed by atoms with Gasteiger partial charge in [-0.15, -0.1) is 0 Å². The molecule has 1 aliphatic rings. The molecule has 164 valence electrons. The first-order valence-electron chi connectivity index (χ1n) is 10.5. The zero-order valence-corrected chi connectivity index (χ0v) is 17.5. The van der Waals surface area contributed by atoms with E-state index < -0.39 is 5.82 Å². The van der Waals surface area contributed by atoms with Gasteiger partial charge in [0.25, 0.3) is 0 Å². The van der Waals surface area contributed by atoms with Crippen molar-refractivity contribution in [2.24, 2.45) is 0 Å². The number of nitrogens with one attached hydrogen (secondary N) is 2. The summed E-state index contributed by atoms with van der Waals surface area (Å²) in [5, 5.41) is 3.41. The van der Waals surface area contributed by atoms with Crippen LogP contribution in [0.5, 0.6) is 5.75 Å². The SMILES string of the molecule is COc1ccc(N(Cc2cnc[nH]2)c2nc(N)nc(NC3CCCCCC3)n2)cc1F. The van der Waals surface area contributed by atoms with E-state index in [4.69, 9.17) is 10.5 Å². The summed E-state index contributed by atoms with van der Waals surface area (Å²) in [4.78, 5) is 22.1. The maximum atomic E-state index is 14.4. The highest BCUT2D eigenvalue weighted by molar-refractivity contribution is 5.60. The minimum atomic E-state index is -0.478. The topological polar surface area (TPSA) is 118 Å². The number of halogens is 1. The second kappa shape index (κ2) is 9.59. The van der Waals surface area contributed by atoms with Crippen molar-refractivity contribution in [3.05, 3.63) is 42.2 Å². The van der Waals surface area contributed by atoms with E-state index in [1.807, 2.05) is 0 Å². The van der Waals surface area contributed by atoms with Gasteiger partial charge in [-0.25, -0.2) is 9.37 Å². The van der Waals surface area contributed by atoms with Crippen LogP contribution in [0.3, 0.4) is 0 Å². The highest BCUT2D eigenvalue weighted by Crippen LogP contribution is 2.30. The van der Waals surface area contributed by atoms with Crippen LogP contribution in [0.1, 0.15) is 44.2 Å². The fourth-order valence-electron chi connectivity index (χ4n) is 3.81. The van der Waals surface area contributed by atoms with Crippen molar-refractivity contribution in [3.63, 3.8) is 0 Å². The van der Waals surface area contributed by atoms with Crippen LogP contribution < -0.4 is 20.7 Å². The normalized spacial score (nSPS) is 14.8. The summed E-state index contributed by atoms with van der Waals surface area (Å²) in [6.07, 6.45) is 10.3. The van der Waals surface area contributed by atoms with E-state index in [-0.39, 0.29) is 11.7 Å². The Morgan fingerprint density at radius 3 is 2.68 bits per heavy atom. The van der Waals surface area contributed by atoms with Gasteiger partial charge in [-0.05, 0) is 25.0 Å². The number of ether oxygens (including phenoxy) is 1. The Balaban J connectivity index is 1.67. The molecule has 1 fully saturated rings. The maximum Gasteiger partial charge on any atom is 0.236 e. The first-order valence-corrected chi connectivity index (χ1v) is 10.5. The van der Waals surface area contributed by atoms with E-state index in [2.05, 4.69) is 30.2 Å². The number of benzene rings is 1. The zero-order valence-electron chi connectivity index (χ0n) is 17.5. The fraction of sp³-hybridized carbons (Fsp3) is 0.429. The molecule has 4 N–H and O–H groups in total. The summed E-state index contributed by atoms with van der Waals surface area (Å²) in [5.41, 5.74) is 7.39. The van der Waals surface area contributed by atoms with Crippen molar-refractivity contribution >= 4 is 23.5 Å². The van der Waals surface area contributed by atoms with Crippen LogP contribution in [0.2, 0.25) is 0 Å². The van der Waals surface area contributed by atoms with E-state index in [9.17, 15) is 4.39 Å². The van der Waals surface area contributed by atoms with E-state index in [1.54, 1.807) is 29.6 Å². The average Bonchev–Trinajstić information content (AvgIpc) is 3.14. The number of hydrogen-bond acceptors (Lipinski definition) is 8. The number of rotatable bonds is 7. The van der Waals surface area contributed by atoms with Gasteiger partial charge in [-0.2, -0.15) is 15.0 Å². The van der Waals surface area contributed by atoms with E-state index in [0.717, 1.165) is 18.5 Å². The number of aromatic nitrogens is 5. The van der Waals surface area contributed by atoms with Gasteiger partial charge in [0, 0.05) is 24.0 Å². The van der Waals surface area contributed by atoms with Gasteiger partial charge in [0.2, 0.25) is 17.8 Å². The summed E-state index contributed by atoms with van der Waals surface area (Å²) in [6.45, 7) is 0.345. The molecule has 0 amide bonds. The van der Waals surface area contributed by atoms with Crippen molar-refractivity contribution in [2.75, 3.05) is 23.1 Å². The molecule has 0 radical (unpaired) electrons. The van der Waals surface area contributed by atoms with Crippen molar-refractivity contribution in [2.45, 2.75) is 51.1 Å². The van der Waals surface area contributed by atoms with Crippen molar-refractivity contribution in [1.82, 2.24) is 24.9 Å². The minimum Gasteiger partial charge on any atom is -0.494 e. The van der Waals surface area contributed by atoms with Gasteiger partial charge in [0.05, 0.1) is 25.7 Å². The van der Waals surface area contributed by atoms with Gasteiger partial charge in [-0.1, -0.05) is 25.7 Å². The number of H-pyrrole nitrogens is 1. The lowest BCUT2D eigenvalue weighted by Gasteiger charge is -2.24. The van der Waals surface area contributed by atoms with Gasteiger partial charge in [0.15, 0.2) is 11.6 Å². The number of nitrogens with two attached hydrogens (primary N) is 1. The van der Waals surface area contributed by atoms with Crippen molar-refractivity contribution < 1.29 is 9.13 Å². The van der Waals surface area contributed by atoms with Gasteiger partial charge in [0.1, 0.15) is 0 Å². The molecule has 0 aliphatic heterocycles. The molecule has 0 spiro atoms. The lowest BCUT2D eigenvalue weighted by molar-refractivity contribution is 0.386. The summed E-state index contributed by atoms with van der Waals surface area (Å²) < 4.78 is 19.5. The molecular formula is C21H27FN8O. The predicted molar refractivity (Wildman–Crippen MR) is 117 cm³/mol. The number of anilines is 4. The first kappa shape index (κ1) is 20.8. The molecule has 0 bridgehead atoms. The van der Waals surface area contributed by atoms with E-state index in [0.29, 0.717) is 30.2 Å². The number of nitrogens with zero attached hydrogens (tertiary/aromatic N) is 5. The van der Waals surface area contributed by atoms with Gasteiger partial charge in [-0.3, -0.25) is 0 Å². The molecular weight excluding hydrogens is 399 g/mol. The minimum absolute atomic E-state index is 0.102. The van der Waals surface area contributed by atoms with Crippen LogP contribution >= 0.6 is 0 Å². The summed E-state index contributed by atoms with van der Waals surface area (Å²) >= 11 is 0. The molecule has 1 aromatic carbocycles. The molecule has 0 atom stereocenters. The smallest absolute Gasteiger partial charge is 0.236 e. The standard InChI is InChI=1S/C21H27FN8O/c1-31-18-9-8-16(10-17(18)22)30(12-15-11-24-13-25-15)21-28-19(23)27-20(29-21)26-14-6-4-2-3-5-7-14/h8-11,13-14H,2-7,12H2,1H3,(H,24,25)(H3,23,26,27,28,29). The first-order chi connectivity index (χ1) is 15.1. The van der Waals surface area contributed by atoms with Crippen LogP contribution in [0.15, 0.2) is 30.7 Å². The molecule has 10 heteroatoms. The van der Waals surface area contributed by atoms with Crippen LogP contribution in [0.25, 0.3) is 0 Å². The molecule has 2 heterocycles. The van der Waals surface area contributed by atoms with Crippen LogP contribution in [-0.2, 0) is 6.54 Å². The Labute approximate surface area is 180 Å². The van der Waals surface area contributed by atoms with Crippen LogP contribution in [-0.4, -0.2) is 38.1 Å². The van der Waals surface area contributed by atoms with E-state index in [1.165, 1.54) is 38.9 Å². The average molecular weight is 427 g/mol. The monoisotopic (exact) mass is 426 g/mol. The number of methoxy groups -OCH3 is 1. The number of nitrogen functional groups attached to an aromatic ring is 1. The number of imidazole rings is 1. The summed E-state index contributed by atoms with van der Waals surface area (Å²) in [5.74, 6) is 0.537. The summed E-state index contributed by atoms with van der Waals surface area (Å²) in [6, 6.07) is 5.00. The molecule has 2 aromatic heterocycles. The van der Waals surface area contributed by atoms with Crippen LogP contribution in [0.4, 0.5) is 27.9 Å². The van der Waals surface area contributed by atoms with Gasteiger partial charge < -0.3 is 25.7 Å². The number of hydrogen-bond donors (Lipinski definition) is 3. The third-order valence-electron chi connectivity index (χ3n) is 5.40. The number of aromatic amines is 1. The summed E-state index contributed by atoms with van der Waals surface area (Å²) in [7, 11) is 1.43. The highest BCUT2D eigenvalue weighted by Gasteiger charge is 2.20. The lowest BCUT2D eigenvalue weighted by Crippen LogP contribution is -2.24. The third-order valence-corrected chi connectivity index (χ3v) is 5.40. The highest BCUT2D eigenvalue weighted by atomic mass is 19.1. The Morgan fingerprint density at radius 1 is 1.19 bits per heavy atom. The lowest BCUT2D eigenvalue weighted by atomic mass is 10.1. The molecule has 1 aliphatic carbocycles. The quantitative estimate of drug-likeness (QED) is 0.488. The predicted octanol–water partition coefficient (Wildman–Crippen LogP) is 3.80. The molecule has 0 unspecified atom stereocenters. The van der Waals surface area contributed by atoms with Gasteiger partial charge >= 0.3 is 0 Å². The maximum absolute atomic E-state index is 14.4. The molecule has 31 heavy (non-hydrogen) atoms. The third kappa shape index (κ3) is 5.19. The Hall–Kier alpha value is -3.43. The molecule has 1 saturated carbocycles. The van der Waals surface area contributed by atoms with Crippen LogP contribution in [0, 0.1) is 5.82 Å². The van der Waals surface area contributed by atoms with Crippen molar-refractivity contribution in [1.29, 1.82) is 0 Å². The second-order valence-electron chi connectivity index (χ2n) is 7.63. The Kier molecular flexibility index (Phi) is 6.44. The largest absolute Gasteiger partial charge is 0.494 e. The fourth-order valence-corrected chi connectivity index (χ4v) is 3.81. The van der Waals surface area contributed by atoms with E-state index >= 15 is 0 Å². The second-order valence-corrected chi connectivity index (χ2v) is 7.63. The Morgan fingerprint density at radius 2 is 2.00 bits per heavy atom. The molecule has 9 nitrogen and oxygen atoms in total. The molecule has 0 saturated heterocycles. The molecule has 3 aromatic rings. The molecule has 4 rings (SSSR count). The zero-order chi connectivity index (χ0) is 21.6. The Bertz CT molecular complexity index is 989. The van der Waals surface area contributed by atoms with Crippen molar-refractivity contribution in [3.8, 4) is 5.75 Å².